The van der Waals surface area contributed by atoms with Gasteiger partial charge in [0.15, 0.2) is 0 Å². The van der Waals surface area contributed by atoms with Crippen LogP contribution >= 0.6 is 0 Å². The van der Waals surface area contributed by atoms with Crippen molar-refractivity contribution < 1.29 is 15.0 Å². The van der Waals surface area contributed by atoms with E-state index in [-0.39, 0.29) is 24.3 Å². The Hall–Kier alpha value is -4.43. The highest BCUT2D eigenvalue weighted by Crippen LogP contribution is 2.39. The summed E-state index contributed by atoms with van der Waals surface area (Å²) in [7, 11) is 0. The van der Waals surface area contributed by atoms with Gasteiger partial charge in [0.1, 0.15) is 5.54 Å². The summed E-state index contributed by atoms with van der Waals surface area (Å²) in [5.74, 6) is 0.723. The Labute approximate surface area is 235 Å². The van der Waals surface area contributed by atoms with E-state index in [1.165, 1.54) is 5.57 Å². The number of nitrogens with one attached hydrogen (secondary N) is 1. The Morgan fingerprint density at radius 1 is 1.27 bits per heavy atom. The summed E-state index contributed by atoms with van der Waals surface area (Å²) in [4.78, 5) is 18.1. The number of nitrogens with two attached hydrogens (primary N) is 1. The Bertz CT molecular complexity index is 1510. The van der Waals surface area contributed by atoms with Crippen molar-refractivity contribution in [3.05, 3.63) is 108 Å². The molecule has 4 unspecified atom stereocenters. The molecule has 0 saturated heterocycles. The third-order valence-corrected chi connectivity index (χ3v) is 7.50. The lowest BCUT2D eigenvalue weighted by atomic mass is 9.86. The van der Waals surface area contributed by atoms with Gasteiger partial charge in [-0.3, -0.25) is 14.8 Å². The fourth-order valence-electron chi connectivity index (χ4n) is 5.47. The zero-order valence-corrected chi connectivity index (χ0v) is 23.3. The smallest absolute Gasteiger partial charge is 0.290 e. The number of carboxylic acid groups (broad SMARTS) is 1. The molecule has 5 rings (SSSR count). The minimum atomic E-state index is -0.585. The lowest BCUT2D eigenvalue weighted by Crippen LogP contribution is -2.49. The molecular weight excluding hydrogens is 502 g/mol. The predicted molar refractivity (Wildman–Crippen MR) is 160 cm³/mol. The number of aliphatic hydroxyl groups excluding tert-OH is 1. The molecule has 1 aliphatic heterocycles. The Morgan fingerprint density at radius 2 is 2.05 bits per heavy atom. The number of allylic oxidation sites excluding steroid dienone is 7. The van der Waals surface area contributed by atoms with Crippen molar-refractivity contribution >= 4 is 28.7 Å². The molecule has 0 fully saturated rings. The van der Waals surface area contributed by atoms with Gasteiger partial charge in [-0.2, -0.15) is 0 Å². The number of hydrogen-bond acceptors (Lipinski definition) is 6. The summed E-state index contributed by atoms with van der Waals surface area (Å²) in [5, 5.41) is 20.9. The van der Waals surface area contributed by atoms with E-state index < -0.39 is 5.54 Å². The first-order valence-corrected chi connectivity index (χ1v) is 13.4. The van der Waals surface area contributed by atoms with Crippen molar-refractivity contribution in [1.82, 2.24) is 19.9 Å². The van der Waals surface area contributed by atoms with E-state index in [9.17, 15) is 5.11 Å². The zero-order valence-electron chi connectivity index (χ0n) is 23.3. The first kappa shape index (κ1) is 28.6. The van der Waals surface area contributed by atoms with Crippen LogP contribution in [0.3, 0.4) is 0 Å². The van der Waals surface area contributed by atoms with Gasteiger partial charge in [-0.25, -0.2) is 0 Å². The maximum Gasteiger partial charge on any atom is 0.290 e. The van der Waals surface area contributed by atoms with Crippen LogP contribution in [0.1, 0.15) is 50.9 Å². The van der Waals surface area contributed by atoms with Crippen molar-refractivity contribution in [3.63, 3.8) is 0 Å². The number of rotatable bonds is 6. The minimum Gasteiger partial charge on any atom is -0.512 e. The molecule has 40 heavy (non-hydrogen) atoms. The van der Waals surface area contributed by atoms with Crippen molar-refractivity contribution in [1.29, 1.82) is 0 Å². The maximum atomic E-state index is 10.5. The molecule has 8 nitrogen and oxygen atoms in total. The standard InChI is InChI=1S/C31H35N5O.CH2O2/c1-20-11-13-23(14-12-20)25-19-36(26-17-24(18-35-30(25)26)29(21(2)32)22(3)37)31(4,27-9-5-7-15-33-27)28-10-6-8-16-34-28;2-1-3/h5-11,13-21,27,33,37H,12,32H2,1-4H3;1H,(H,2,3)/b29-22+;. The normalized spacial score (nSPS) is 20.9. The van der Waals surface area contributed by atoms with Crippen molar-refractivity contribution in [2.24, 2.45) is 11.7 Å². The maximum absolute atomic E-state index is 10.5. The second-order valence-corrected chi connectivity index (χ2v) is 10.4. The average molecular weight is 540 g/mol. The summed E-state index contributed by atoms with van der Waals surface area (Å²) in [6, 6.07) is 7.74. The van der Waals surface area contributed by atoms with Gasteiger partial charge in [0.2, 0.25) is 0 Å². The average Bonchev–Trinajstić information content (AvgIpc) is 3.33. The molecule has 0 saturated carbocycles. The van der Waals surface area contributed by atoms with Gasteiger partial charge in [-0.05, 0) is 69.2 Å². The number of aromatic nitrogens is 3. The number of pyridine rings is 2. The third-order valence-electron chi connectivity index (χ3n) is 7.50. The van der Waals surface area contributed by atoms with Crippen LogP contribution in [-0.2, 0) is 10.3 Å². The van der Waals surface area contributed by atoms with Crippen molar-refractivity contribution in [2.75, 3.05) is 0 Å². The van der Waals surface area contributed by atoms with E-state index in [1.54, 1.807) is 6.92 Å². The van der Waals surface area contributed by atoms with Crippen LogP contribution in [0, 0.1) is 5.92 Å². The first-order chi connectivity index (χ1) is 19.2. The molecule has 3 aromatic rings. The molecule has 2 aliphatic rings. The van der Waals surface area contributed by atoms with Crippen LogP contribution in [0.2, 0.25) is 0 Å². The number of dihydropyridines is 1. The number of aliphatic hydroxyl groups is 1. The van der Waals surface area contributed by atoms with Gasteiger partial charge in [0, 0.05) is 41.3 Å². The molecule has 0 aromatic carbocycles. The quantitative estimate of drug-likeness (QED) is 0.239. The fourth-order valence-corrected chi connectivity index (χ4v) is 5.47. The summed E-state index contributed by atoms with van der Waals surface area (Å²) in [5.41, 5.74) is 12.2. The van der Waals surface area contributed by atoms with Crippen LogP contribution in [0.4, 0.5) is 0 Å². The molecule has 3 aromatic heterocycles. The van der Waals surface area contributed by atoms with E-state index in [0.717, 1.165) is 34.3 Å². The van der Waals surface area contributed by atoms with Crippen molar-refractivity contribution in [3.8, 4) is 0 Å². The SMILES string of the molecule is C/C(O)=C(\c1cnc2c(C3=CCC(C)C=C3)cn(C(C)(c3ccccn3)C3C=CC=CN3)c2c1)C(C)N.O=CO. The molecule has 208 valence electrons. The second kappa shape index (κ2) is 12.2. The summed E-state index contributed by atoms with van der Waals surface area (Å²) in [6.07, 6.45) is 21.8. The van der Waals surface area contributed by atoms with Crippen LogP contribution in [-0.4, -0.2) is 43.3 Å². The lowest BCUT2D eigenvalue weighted by molar-refractivity contribution is -0.122. The van der Waals surface area contributed by atoms with Crippen LogP contribution in [0.25, 0.3) is 22.2 Å². The lowest BCUT2D eigenvalue weighted by Gasteiger charge is -2.39. The Kier molecular flexibility index (Phi) is 8.70. The van der Waals surface area contributed by atoms with Gasteiger partial charge in [-0.1, -0.05) is 43.4 Å². The van der Waals surface area contributed by atoms with Gasteiger partial charge in [0.25, 0.3) is 6.47 Å². The number of nitrogens with zero attached hydrogens (tertiary/aromatic N) is 3. The molecule has 8 heteroatoms. The van der Waals surface area contributed by atoms with E-state index in [2.05, 4.69) is 72.4 Å². The van der Waals surface area contributed by atoms with Crippen molar-refractivity contribution in [2.45, 2.75) is 51.7 Å². The van der Waals surface area contributed by atoms with E-state index in [0.29, 0.717) is 11.5 Å². The topological polar surface area (TPSA) is 126 Å². The largest absolute Gasteiger partial charge is 0.512 e. The van der Waals surface area contributed by atoms with E-state index in [4.69, 9.17) is 25.6 Å². The molecule has 0 radical (unpaired) electrons. The number of fused-ring (bicyclic) bond motifs is 1. The molecular formula is C32H37N5O3. The summed E-state index contributed by atoms with van der Waals surface area (Å²) < 4.78 is 2.29. The van der Waals surface area contributed by atoms with Gasteiger partial charge < -0.3 is 25.8 Å². The molecule has 4 atom stereocenters. The van der Waals surface area contributed by atoms with Gasteiger partial charge >= 0.3 is 0 Å². The molecule has 0 amide bonds. The zero-order chi connectivity index (χ0) is 28.9. The Balaban J connectivity index is 0.00000118. The number of carbonyl (C=O) groups is 1. The fraction of sp³-hybridized carbons (Fsp3) is 0.281. The Morgan fingerprint density at radius 3 is 2.62 bits per heavy atom. The monoisotopic (exact) mass is 539 g/mol. The molecule has 0 bridgehead atoms. The summed E-state index contributed by atoms with van der Waals surface area (Å²) in [6.45, 7) is 7.74. The van der Waals surface area contributed by atoms with E-state index in [1.807, 2.05) is 43.7 Å². The molecule has 5 N–H and O–H groups in total. The number of hydrogen-bond donors (Lipinski definition) is 4. The van der Waals surface area contributed by atoms with Gasteiger partial charge in [-0.15, -0.1) is 0 Å². The van der Waals surface area contributed by atoms with Gasteiger partial charge in [0.05, 0.1) is 28.5 Å². The molecule has 0 spiro atoms. The third kappa shape index (κ3) is 5.49. The minimum absolute atomic E-state index is 0.0570. The van der Waals surface area contributed by atoms with Crippen LogP contribution in [0.5, 0.6) is 0 Å². The molecule has 4 heterocycles. The van der Waals surface area contributed by atoms with Crippen LogP contribution in [0.15, 0.2) is 91.3 Å². The highest BCUT2D eigenvalue weighted by atomic mass is 16.3. The second-order valence-electron chi connectivity index (χ2n) is 10.4. The summed E-state index contributed by atoms with van der Waals surface area (Å²) >= 11 is 0. The van der Waals surface area contributed by atoms with E-state index >= 15 is 0 Å². The first-order valence-electron chi connectivity index (χ1n) is 13.4. The van der Waals surface area contributed by atoms with Crippen LogP contribution < -0.4 is 11.1 Å². The highest BCUT2D eigenvalue weighted by Gasteiger charge is 2.39. The highest BCUT2D eigenvalue weighted by molar-refractivity contribution is 5.95. The predicted octanol–water partition coefficient (Wildman–Crippen LogP) is 5.55. The molecule has 1 aliphatic carbocycles.